The van der Waals surface area contributed by atoms with Crippen LogP contribution in [0.5, 0.6) is 0 Å². The Kier molecular flexibility index (Phi) is 7.42. The van der Waals surface area contributed by atoms with Crippen molar-refractivity contribution in [1.29, 1.82) is 0 Å². The molecule has 0 aliphatic carbocycles. The zero-order chi connectivity index (χ0) is 24.3. The molecule has 6 nitrogen and oxygen atoms in total. The van der Waals surface area contributed by atoms with Gasteiger partial charge < -0.3 is 10.2 Å². The molecule has 176 valence electrons. The lowest BCUT2D eigenvalue weighted by atomic mass is 9.86. The molecule has 0 spiro atoms. The first kappa shape index (κ1) is 24.7. The minimum absolute atomic E-state index is 0.00153. The third kappa shape index (κ3) is 5.71. The van der Waals surface area contributed by atoms with Gasteiger partial charge in [0.1, 0.15) is 12.4 Å². The zero-order valence-corrected chi connectivity index (χ0v) is 20.4. The minimum Gasteiger partial charge on any atom is -0.350 e. The van der Waals surface area contributed by atoms with E-state index < -0.39 is 5.82 Å². The number of aromatic nitrogens is 2. The third-order valence-corrected chi connectivity index (χ3v) is 6.28. The van der Waals surface area contributed by atoms with Crippen molar-refractivity contribution in [3.8, 4) is 0 Å². The predicted octanol–water partition coefficient (Wildman–Crippen LogP) is 4.72. The molecule has 1 heterocycles. The highest BCUT2D eigenvalue weighted by Crippen LogP contribution is 2.25. The van der Waals surface area contributed by atoms with Crippen molar-refractivity contribution in [2.75, 3.05) is 6.54 Å². The number of aryl methyl sites for hydroxylation is 1. The Morgan fingerprint density at radius 2 is 1.88 bits per heavy atom. The van der Waals surface area contributed by atoms with E-state index in [2.05, 4.69) is 10.4 Å². The molecule has 0 aliphatic heterocycles. The Hall–Kier alpha value is -2.93. The number of fused-ring (bicyclic) bond motifs is 1. The Labute approximate surface area is 198 Å². The maximum Gasteiger partial charge on any atom is 0.245 e. The highest BCUT2D eigenvalue weighted by molar-refractivity contribution is 6.30. The molecule has 0 fully saturated rings. The van der Waals surface area contributed by atoms with Gasteiger partial charge in [-0.25, -0.2) is 4.39 Å². The van der Waals surface area contributed by atoms with Crippen LogP contribution < -0.4 is 5.32 Å². The number of benzene rings is 2. The minimum atomic E-state index is -0.559. The molecule has 0 radical (unpaired) electrons. The highest BCUT2D eigenvalue weighted by Gasteiger charge is 2.31. The maximum atomic E-state index is 14.1. The summed E-state index contributed by atoms with van der Waals surface area (Å²) in [6.07, 6.45) is 0. The molecule has 3 rings (SSSR count). The van der Waals surface area contributed by atoms with Crippen LogP contribution in [0, 0.1) is 18.2 Å². The Morgan fingerprint density at radius 3 is 2.58 bits per heavy atom. The second-order valence-electron chi connectivity index (χ2n) is 9.31. The fourth-order valence-electron chi connectivity index (χ4n) is 3.63. The van der Waals surface area contributed by atoms with Gasteiger partial charge in [-0.05, 0) is 31.4 Å². The average molecular weight is 473 g/mol. The normalized spacial score (nSPS) is 12.6. The van der Waals surface area contributed by atoms with Crippen LogP contribution in [0.3, 0.4) is 0 Å². The lowest BCUT2D eigenvalue weighted by Gasteiger charge is -2.37. The molecule has 3 aromatic rings. The number of nitrogens with zero attached hydrogens (tertiary/aromatic N) is 3. The number of carbonyl (C=O) groups is 2. The van der Waals surface area contributed by atoms with Crippen molar-refractivity contribution >= 4 is 34.3 Å². The summed E-state index contributed by atoms with van der Waals surface area (Å²) >= 11 is 5.82. The first-order chi connectivity index (χ1) is 15.5. The van der Waals surface area contributed by atoms with E-state index in [1.807, 2.05) is 58.9 Å². The van der Waals surface area contributed by atoms with Gasteiger partial charge in [-0.3, -0.25) is 14.3 Å². The van der Waals surface area contributed by atoms with Crippen LogP contribution >= 0.6 is 11.6 Å². The molecule has 1 N–H and O–H groups in total. The molecule has 8 heteroatoms. The summed E-state index contributed by atoms with van der Waals surface area (Å²) in [5.41, 5.74) is 1.75. The van der Waals surface area contributed by atoms with E-state index in [9.17, 15) is 14.0 Å². The monoisotopic (exact) mass is 472 g/mol. The molecule has 1 atom stereocenters. The molecule has 2 amide bonds. The molecule has 0 bridgehead atoms. The smallest absolute Gasteiger partial charge is 0.245 e. The zero-order valence-electron chi connectivity index (χ0n) is 19.7. The predicted molar refractivity (Wildman–Crippen MR) is 128 cm³/mol. The molecule has 33 heavy (non-hydrogen) atoms. The van der Waals surface area contributed by atoms with Gasteiger partial charge in [0.05, 0.1) is 22.8 Å². The fraction of sp³-hybridized carbons (Fsp3) is 0.400. The Balaban J connectivity index is 1.77. The average Bonchev–Trinajstić information content (AvgIpc) is 3.07. The van der Waals surface area contributed by atoms with E-state index in [4.69, 9.17) is 11.6 Å². The topological polar surface area (TPSA) is 67.2 Å². The van der Waals surface area contributed by atoms with E-state index in [0.717, 1.165) is 16.6 Å². The third-order valence-electron chi connectivity index (χ3n) is 5.99. The molecule has 2 aromatic carbocycles. The summed E-state index contributed by atoms with van der Waals surface area (Å²) in [6.45, 7) is 9.75. The fourth-order valence-corrected chi connectivity index (χ4v) is 3.83. The van der Waals surface area contributed by atoms with Crippen molar-refractivity contribution in [2.45, 2.75) is 53.8 Å². The molecule has 0 saturated carbocycles. The summed E-state index contributed by atoms with van der Waals surface area (Å²) in [6, 6.07) is 12.2. The second-order valence-corrected chi connectivity index (χ2v) is 9.72. The van der Waals surface area contributed by atoms with Gasteiger partial charge in [0.25, 0.3) is 0 Å². The molecular formula is C25H30ClFN4O2. The summed E-state index contributed by atoms with van der Waals surface area (Å²) < 4.78 is 15.8. The van der Waals surface area contributed by atoms with Crippen LogP contribution in [0.4, 0.5) is 4.39 Å². The van der Waals surface area contributed by atoms with Crippen LogP contribution in [-0.4, -0.2) is 39.1 Å². The van der Waals surface area contributed by atoms with E-state index in [-0.39, 0.29) is 53.5 Å². The maximum absolute atomic E-state index is 14.1. The molecular weight excluding hydrogens is 443 g/mol. The van der Waals surface area contributed by atoms with Crippen molar-refractivity contribution in [2.24, 2.45) is 5.41 Å². The van der Waals surface area contributed by atoms with E-state index in [0.29, 0.717) is 0 Å². The van der Waals surface area contributed by atoms with Crippen LogP contribution in [0.2, 0.25) is 5.02 Å². The molecule has 1 unspecified atom stereocenters. The number of amides is 2. The first-order valence-corrected chi connectivity index (χ1v) is 11.3. The Bertz CT molecular complexity index is 1170. The van der Waals surface area contributed by atoms with Crippen LogP contribution in [0.15, 0.2) is 42.5 Å². The second kappa shape index (κ2) is 9.91. The highest BCUT2D eigenvalue weighted by atomic mass is 35.5. The van der Waals surface area contributed by atoms with Crippen molar-refractivity contribution in [1.82, 2.24) is 20.0 Å². The number of para-hydroxylation sites is 1. The number of carbonyl (C=O) groups excluding carboxylic acids is 2. The standard InChI is InChI=1S/C25H30ClFN4O2/c1-16-19-10-6-7-12-21(19)31(29-16)15-23(33)30(17(2)25(3,4)5)14-22(32)28-13-18-9-8-11-20(26)24(18)27/h6-12,17H,13-15H2,1-5H3,(H,28,32). The quantitative estimate of drug-likeness (QED) is 0.541. The summed E-state index contributed by atoms with van der Waals surface area (Å²) in [5.74, 6) is -1.15. The largest absolute Gasteiger partial charge is 0.350 e. The number of hydrogen-bond acceptors (Lipinski definition) is 3. The van der Waals surface area contributed by atoms with Crippen LogP contribution in [0.1, 0.15) is 39.0 Å². The number of halogens is 2. The van der Waals surface area contributed by atoms with Gasteiger partial charge in [0.2, 0.25) is 11.8 Å². The first-order valence-electron chi connectivity index (χ1n) is 10.9. The van der Waals surface area contributed by atoms with E-state index in [1.54, 1.807) is 21.7 Å². The van der Waals surface area contributed by atoms with Gasteiger partial charge in [-0.1, -0.05) is 62.7 Å². The molecule has 1 aromatic heterocycles. The van der Waals surface area contributed by atoms with E-state index >= 15 is 0 Å². The lowest BCUT2D eigenvalue weighted by molar-refractivity contribution is -0.140. The van der Waals surface area contributed by atoms with Gasteiger partial charge in [-0.15, -0.1) is 0 Å². The number of rotatable bonds is 7. The number of hydrogen-bond donors (Lipinski definition) is 1. The van der Waals surface area contributed by atoms with Gasteiger partial charge in [0, 0.05) is 23.5 Å². The molecule has 0 aliphatic rings. The molecule has 0 saturated heterocycles. The van der Waals surface area contributed by atoms with Gasteiger partial charge in [-0.2, -0.15) is 5.10 Å². The summed E-state index contributed by atoms with van der Waals surface area (Å²) in [5, 5.41) is 8.21. The van der Waals surface area contributed by atoms with Crippen molar-refractivity contribution in [3.63, 3.8) is 0 Å². The van der Waals surface area contributed by atoms with Gasteiger partial charge in [0.15, 0.2) is 0 Å². The lowest BCUT2D eigenvalue weighted by Crippen LogP contribution is -2.51. The summed E-state index contributed by atoms with van der Waals surface area (Å²) in [4.78, 5) is 27.7. The Morgan fingerprint density at radius 1 is 1.18 bits per heavy atom. The van der Waals surface area contributed by atoms with Crippen molar-refractivity contribution < 1.29 is 14.0 Å². The van der Waals surface area contributed by atoms with E-state index in [1.165, 1.54) is 6.07 Å². The van der Waals surface area contributed by atoms with Crippen molar-refractivity contribution in [3.05, 3.63) is 64.6 Å². The SMILES string of the molecule is Cc1nn(CC(=O)N(CC(=O)NCc2cccc(Cl)c2F)C(C)C(C)(C)C)c2ccccc12. The number of nitrogens with one attached hydrogen (secondary N) is 1. The summed E-state index contributed by atoms with van der Waals surface area (Å²) in [7, 11) is 0. The van der Waals surface area contributed by atoms with Crippen LogP contribution in [0.25, 0.3) is 10.9 Å². The van der Waals surface area contributed by atoms with Gasteiger partial charge >= 0.3 is 0 Å². The van der Waals surface area contributed by atoms with Crippen LogP contribution in [-0.2, 0) is 22.7 Å².